The lowest BCUT2D eigenvalue weighted by Gasteiger charge is -2.48. The molecule has 0 saturated carbocycles. The van der Waals surface area contributed by atoms with Gasteiger partial charge >= 0.3 is 0 Å². The molecule has 3 aliphatic heterocycles. The van der Waals surface area contributed by atoms with Crippen LogP contribution in [0.5, 0.6) is 5.75 Å². The average Bonchev–Trinajstić information content (AvgIpc) is 2.84. The molecular formula is C23H41ClN7O2P. The van der Waals surface area contributed by atoms with Gasteiger partial charge in [-0.3, -0.25) is 4.57 Å². The molecule has 3 saturated heterocycles. The first-order valence-corrected chi connectivity index (χ1v) is 13.7. The summed E-state index contributed by atoms with van der Waals surface area (Å²) in [4.78, 5) is 14.4. The quantitative estimate of drug-likeness (QED) is 0.337. The number of aliphatic imine (C=N–C) groups is 1. The van der Waals surface area contributed by atoms with Crippen molar-refractivity contribution in [1.29, 1.82) is 0 Å². The molecule has 192 valence electrons. The maximum Gasteiger partial charge on any atom is 0.280 e. The number of benzene rings is 1. The van der Waals surface area contributed by atoms with Crippen molar-refractivity contribution >= 4 is 31.1 Å². The molecular weight excluding hydrogens is 473 g/mol. The largest absolute Gasteiger partial charge is 0.497 e. The number of methoxy groups -OCH3 is 1. The van der Waals surface area contributed by atoms with E-state index in [2.05, 4.69) is 50.1 Å². The molecule has 0 unspecified atom stereocenters. The summed E-state index contributed by atoms with van der Waals surface area (Å²) < 4.78 is 25.2. The molecule has 34 heavy (non-hydrogen) atoms. The molecule has 3 heterocycles. The molecule has 1 aromatic rings. The second kappa shape index (κ2) is 12.2. The lowest BCUT2D eigenvalue weighted by Crippen LogP contribution is -2.55. The number of hydrogen-bond acceptors (Lipinski definition) is 6. The average molecular weight is 514 g/mol. The van der Waals surface area contributed by atoms with Gasteiger partial charge in [0.2, 0.25) is 0 Å². The molecule has 0 aromatic heterocycles. The van der Waals surface area contributed by atoms with Crippen LogP contribution < -0.4 is 4.74 Å². The van der Waals surface area contributed by atoms with Gasteiger partial charge in [0, 0.05) is 78.5 Å². The number of piperazine rings is 3. The Bertz CT molecular complexity index is 821. The normalized spacial score (nSPS) is 23.1. The SMILES string of the molecule is COc1ccc(N=C(N2CCN(C)CC2)P(=O)(N2CCN(C)CC2)N2CCN(C)CC2)cc1.Cl. The van der Waals surface area contributed by atoms with Gasteiger partial charge < -0.3 is 24.3 Å². The monoisotopic (exact) mass is 513 g/mol. The van der Waals surface area contributed by atoms with Crippen LogP contribution in [-0.2, 0) is 4.57 Å². The molecule has 0 spiro atoms. The highest BCUT2D eigenvalue weighted by atomic mass is 35.5. The fraction of sp³-hybridized carbons (Fsp3) is 0.696. The van der Waals surface area contributed by atoms with E-state index in [1.807, 2.05) is 24.3 Å². The van der Waals surface area contributed by atoms with Crippen molar-refractivity contribution in [2.75, 3.05) is 107 Å². The van der Waals surface area contributed by atoms with Crippen LogP contribution in [0, 0.1) is 0 Å². The van der Waals surface area contributed by atoms with Crippen molar-refractivity contribution in [3.05, 3.63) is 24.3 Å². The highest BCUT2D eigenvalue weighted by Gasteiger charge is 2.46. The Morgan fingerprint density at radius 2 is 1.15 bits per heavy atom. The van der Waals surface area contributed by atoms with E-state index in [1.54, 1.807) is 7.11 Å². The van der Waals surface area contributed by atoms with Gasteiger partial charge in [-0.15, -0.1) is 12.4 Å². The summed E-state index contributed by atoms with van der Waals surface area (Å²) in [6, 6.07) is 7.79. The number of hydrogen-bond donors (Lipinski definition) is 0. The molecule has 0 radical (unpaired) electrons. The highest BCUT2D eigenvalue weighted by Crippen LogP contribution is 2.56. The first kappa shape index (κ1) is 27.4. The van der Waals surface area contributed by atoms with Gasteiger partial charge in [-0.05, 0) is 45.4 Å². The Hall–Kier alpha value is -1.19. The molecule has 0 amide bonds. The van der Waals surface area contributed by atoms with E-state index < -0.39 is 7.44 Å². The Labute approximate surface area is 211 Å². The van der Waals surface area contributed by atoms with Crippen LogP contribution in [0.1, 0.15) is 0 Å². The first-order valence-electron chi connectivity index (χ1n) is 12.0. The van der Waals surface area contributed by atoms with Gasteiger partial charge in [0.1, 0.15) is 5.75 Å². The molecule has 1 aromatic carbocycles. The van der Waals surface area contributed by atoms with E-state index in [4.69, 9.17) is 9.73 Å². The van der Waals surface area contributed by atoms with Gasteiger partial charge in [0.15, 0.2) is 5.58 Å². The van der Waals surface area contributed by atoms with E-state index in [9.17, 15) is 0 Å². The predicted molar refractivity (Wildman–Crippen MR) is 142 cm³/mol. The maximum atomic E-state index is 15.3. The van der Waals surface area contributed by atoms with Gasteiger partial charge in [0.25, 0.3) is 7.44 Å². The van der Waals surface area contributed by atoms with E-state index >= 15 is 4.57 Å². The van der Waals surface area contributed by atoms with Crippen LogP contribution in [0.4, 0.5) is 5.69 Å². The maximum absolute atomic E-state index is 15.3. The molecule has 11 heteroatoms. The first-order chi connectivity index (χ1) is 15.9. The number of likely N-dealkylation sites (N-methyl/N-ethyl adjacent to an activating group) is 3. The third kappa shape index (κ3) is 6.13. The summed E-state index contributed by atoms with van der Waals surface area (Å²) in [6.45, 7) is 10.5. The van der Waals surface area contributed by atoms with Crippen molar-refractivity contribution < 1.29 is 9.30 Å². The van der Waals surface area contributed by atoms with E-state index in [-0.39, 0.29) is 12.4 Å². The van der Waals surface area contributed by atoms with E-state index in [1.165, 1.54) is 0 Å². The van der Waals surface area contributed by atoms with Crippen LogP contribution in [-0.4, -0.2) is 141 Å². The third-order valence-electron chi connectivity index (χ3n) is 7.07. The van der Waals surface area contributed by atoms with Gasteiger partial charge in [-0.1, -0.05) is 0 Å². The Morgan fingerprint density at radius 1 is 0.735 bits per heavy atom. The number of ether oxygens (including phenoxy) is 1. The lowest BCUT2D eigenvalue weighted by molar-refractivity contribution is 0.182. The minimum absolute atomic E-state index is 0. The number of rotatable bonds is 5. The van der Waals surface area contributed by atoms with Crippen molar-refractivity contribution in [1.82, 2.24) is 28.9 Å². The molecule has 3 aliphatic rings. The third-order valence-corrected chi connectivity index (χ3v) is 10.3. The van der Waals surface area contributed by atoms with Gasteiger partial charge in [0.05, 0.1) is 12.8 Å². The summed E-state index contributed by atoms with van der Waals surface area (Å²) in [5.41, 5.74) is 1.59. The fourth-order valence-corrected chi connectivity index (χ4v) is 7.78. The second-order valence-electron chi connectivity index (χ2n) is 9.46. The molecule has 0 N–H and O–H groups in total. The minimum atomic E-state index is -3.07. The smallest absolute Gasteiger partial charge is 0.280 e. The van der Waals surface area contributed by atoms with Crippen molar-refractivity contribution in [3.8, 4) is 5.75 Å². The molecule has 0 atom stereocenters. The zero-order chi connectivity index (χ0) is 23.4. The number of amidine groups is 1. The zero-order valence-corrected chi connectivity index (χ0v) is 22.8. The highest BCUT2D eigenvalue weighted by molar-refractivity contribution is 7.76. The van der Waals surface area contributed by atoms with Crippen molar-refractivity contribution in [3.63, 3.8) is 0 Å². The second-order valence-corrected chi connectivity index (χ2v) is 12.1. The van der Waals surface area contributed by atoms with Crippen LogP contribution in [0.2, 0.25) is 0 Å². The van der Waals surface area contributed by atoms with Crippen LogP contribution in [0.25, 0.3) is 0 Å². The molecule has 3 fully saturated rings. The molecule has 0 aliphatic carbocycles. The minimum Gasteiger partial charge on any atom is -0.497 e. The van der Waals surface area contributed by atoms with Gasteiger partial charge in [-0.25, -0.2) is 14.3 Å². The lowest BCUT2D eigenvalue weighted by atomic mass is 10.3. The standard InChI is InChI=1S/C23H40N7O2P.ClH/c1-25-9-15-28(16-10-25)23(24-21-5-7-22(32-4)8-6-21)33(31,29-17-11-26(2)12-18-29)30-19-13-27(3)14-20-30;/h5-8H,9-20H2,1-4H3;1H. The summed E-state index contributed by atoms with van der Waals surface area (Å²) in [5, 5.41) is 0. The fourth-order valence-electron chi connectivity index (χ4n) is 4.66. The van der Waals surface area contributed by atoms with Gasteiger partial charge in [-0.2, -0.15) is 0 Å². The van der Waals surface area contributed by atoms with Crippen LogP contribution >= 0.6 is 19.9 Å². The van der Waals surface area contributed by atoms with Crippen LogP contribution in [0.3, 0.4) is 0 Å². The summed E-state index contributed by atoms with van der Waals surface area (Å²) in [6.07, 6.45) is 0. The zero-order valence-electron chi connectivity index (χ0n) is 21.1. The molecule has 0 bridgehead atoms. The van der Waals surface area contributed by atoms with E-state index in [0.29, 0.717) is 0 Å². The predicted octanol–water partition coefficient (Wildman–Crippen LogP) is 2.04. The molecule has 9 nitrogen and oxygen atoms in total. The Morgan fingerprint density at radius 3 is 1.56 bits per heavy atom. The van der Waals surface area contributed by atoms with Crippen molar-refractivity contribution in [2.24, 2.45) is 4.99 Å². The number of nitrogens with zero attached hydrogens (tertiary/aromatic N) is 7. The summed E-state index contributed by atoms with van der Waals surface area (Å²) in [7, 11) is 5.04. The Balaban J connectivity index is 0.00000324. The van der Waals surface area contributed by atoms with Crippen LogP contribution in [0.15, 0.2) is 29.3 Å². The van der Waals surface area contributed by atoms with E-state index in [0.717, 1.165) is 95.6 Å². The summed E-state index contributed by atoms with van der Waals surface area (Å²) >= 11 is 0. The van der Waals surface area contributed by atoms with Crippen molar-refractivity contribution in [2.45, 2.75) is 0 Å². The number of halogens is 1. The topological polar surface area (TPSA) is 58.1 Å². The molecule has 4 rings (SSSR count). The Kier molecular flexibility index (Phi) is 9.81. The summed E-state index contributed by atoms with van der Waals surface area (Å²) in [5.74, 6) is 0.802.